The SMILES string of the molecule is Cc1ccc(C(=O)NC2CC3CCC2C3)cc1S(=O)(=O)N1CCCCC1. The average molecular weight is 377 g/mol. The average Bonchev–Trinajstić information content (AvgIpc) is 3.25. The predicted molar refractivity (Wildman–Crippen MR) is 100 cm³/mol. The predicted octanol–water partition coefficient (Wildman–Crippen LogP) is 3.09. The summed E-state index contributed by atoms with van der Waals surface area (Å²) in [5.41, 5.74) is 1.15. The molecule has 1 amide bonds. The Morgan fingerprint density at radius 2 is 1.88 bits per heavy atom. The first kappa shape index (κ1) is 18.0. The van der Waals surface area contributed by atoms with Crippen molar-refractivity contribution in [3.05, 3.63) is 29.3 Å². The van der Waals surface area contributed by atoms with Crippen molar-refractivity contribution in [2.45, 2.75) is 62.8 Å². The maximum Gasteiger partial charge on any atom is 0.251 e. The third kappa shape index (κ3) is 3.29. The van der Waals surface area contributed by atoms with E-state index < -0.39 is 10.0 Å². The van der Waals surface area contributed by atoms with Crippen LogP contribution in [0.3, 0.4) is 0 Å². The molecule has 1 aliphatic heterocycles. The summed E-state index contributed by atoms with van der Waals surface area (Å²) in [6.45, 7) is 2.95. The van der Waals surface area contributed by atoms with E-state index in [4.69, 9.17) is 0 Å². The highest BCUT2D eigenvalue weighted by Gasteiger charge is 2.40. The molecule has 0 radical (unpaired) electrons. The van der Waals surface area contributed by atoms with Crippen molar-refractivity contribution in [3.8, 4) is 0 Å². The molecule has 3 aliphatic rings. The van der Waals surface area contributed by atoms with Gasteiger partial charge in [-0.25, -0.2) is 8.42 Å². The van der Waals surface area contributed by atoms with Crippen molar-refractivity contribution in [1.29, 1.82) is 0 Å². The van der Waals surface area contributed by atoms with Gasteiger partial charge in [0.15, 0.2) is 0 Å². The van der Waals surface area contributed by atoms with Gasteiger partial charge in [-0.05, 0) is 68.6 Å². The van der Waals surface area contributed by atoms with Crippen LogP contribution in [0.2, 0.25) is 0 Å². The highest BCUT2D eigenvalue weighted by Crippen LogP contribution is 2.44. The fourth-order valence-corrected chi connectivity index (χ4v) is 6.70. The van der Waals surface area contributed by atoms with E-state index in [1.807, 2.05) is 0 Å². The molecule has 2 aliphatic carbocycles. The standard InChI is InChI=1S/C20H28N2O3S/c1-14-5-7-17(20(23)21-18-12-15-6-8-16(18)11-15)13-19(14)26(24,25)22-9-3-2-4-10-22/h5,7,13,15-16,18H,2-4,6,8-12H2,1H3,(H,21,23). The van der Waals surface area contributed by atoms with E-state index in [-0.39, 0.29) is 16.8 Å². The Morgan fingerprint density at radius 1 is 1.12 bits per heavy atom. The van der Waals surface area contributed by atoms with Crippen molar-refractivity contribution < 1.29 is 13.2 Å². The van der Waals surface area contributed by atoms with E-state index in [0.29, 0.717) is 30.1 Å². The summed E-state index contributed by atoms with van der Waals surface area (Å²) in [5, 5.41) is 3.16. The highest BCUT2D eigenvalue weighted by atomic mass is 32.2. The van der Waals surface area contributed by atoms with Gasteiger partial charge in [-0.15, -0.1) is 0 Å². The zero-order chi connectivity index (χ0) is 18.3. The number of carbonyl (C=O) groups excluding carboxylic acids is 1. The number of piperidine rings is 1. The number of rotatable bonds is 4. The van der Waals surface area contributed by atoms with Crippen LogP contribution >= 0.6 is 0 Å². The summed E-state index contributed by atoms with van der Waals surface area (Å²) in [6.07, 6.45) is 7.69. The molecule has 142 valence electrons. The van der Waals surface area contributed by atoms with Crippen LogP contribution in [0.1, 0.15) is 60.9 Å². The molecule has 1 aromatic carbocycles. The lowest BCUT2D eigenvalue weighted by Gasteiger charge is -2.27. The minimum absolute atomic E-state index is 0.141. The number of benzene rings is 1. The van der Waals surface area contributed by atoms with Crippen LogP contribution in [0.4, 0.5) is 0 Å². The van der Waals surface area contributed by atoms with Gasteiger partial charge >= 0.3 is 0 Å². The molecule has 3 fully saturated rings. The molecule has 5 nitrogen and oxygen atoms in total. The Balaban J connectivity index is 1.54. The largest absolute Gasteiger partial charge is 0.349 e. The van der Waals surface area contributed by atoms with Crippen LogP contribution in [0.25, 0.3) is 0 Å². The number of nitrogens with zero attached hydrogens (tertiary/aromatic N) is 1. The van der Waals surface area contributed by atoms with Crippen LogP contribution in [-0.2, 0) is 10.0 Å². The summed E-state index contributed by atoms with van der Waals surface area (Å²) in [7, 11) is -3.53. The lowest BCUT2D eigenvalue weighted by molar-refractivity contribution is 0.0922. The van der Waals surface area contributed by atoms with Crippen LogP contribution in [0.15, 0.2) is 23.1 Å². The van der Waals surface area contributed by atoms with Crippen molar-refractivity contribution in [3.63, 3.8) is 0 Å². The van der Waals surface area contributed by atoms with E-state index in [1.54, 1.807) is 29.4 Å². The van der Waals surface area contributed by atoms with Crippen molar-refractivity contribution in [2.75, 3.05) is 13.1 Å². The molecule has 2 saturated carbocycles. The first-order chi connectivity index (χ1) is 12.4. The van der Waals surface area contributed by atoms with E-state index in [2.05, 4.69) is 5.32 Å². The molecule has 0 aromatic heterocycles. The smallest absolute Gasteiger partial charge is 0.251 e. The molecular formula is C20H28N2O3S. The number of fused-ring (bicyclic) bond motifs is 2. The zero-order valence-corrected chi connectivity index (χ0v) is 16.2. The molecule has 1 saturated heterocycles. The lowest BCUT2D eigenvalue weighted by atomic mass is 9.95. The van der Waals surface area contributed by atoms with Gasteiger partial charge in [0.1, 0.15) is 0 Å². The van der Waals surface area contributed by atoms with Gasteiger partial charge < -0.3 is 5.32 Å². The van der Waals surface area contributed by atoms with Gasteiger partial charge in [-0.1, -0.05) is 18.9 Å². The number of hydrogen-bond acceptors (Lipinski definition) is 3. The van der Waals surface area contributed by atoms with Gasteiger partial charge in [-0.2, -0.15) is 4.31 Å². The normalized spacial score (nSPS) is 29.0. The van der Waals surface area contributed by atoms with Gasteiger partial charge in [0.2, 0.25) is 10.0 Å². The van der Waals surface area contributed by atoms with Crippen molar-refractivity contribution >= 4 is 15.9 Å². The Bertz CT molecular complexity index is 799. The van der Waals surface area contributed by atoms with Crippen LogP contribution in [0, 0.1) is 18.8 Å². The van der Waals surface area contributed by atoms with E-state index in [0.717, 1.165) is 31.6 Å². The Morgan fingerprint density at radius 3 is 2.54 bits per heavy atom. The quantitative estimate of drug-likeness (QED) is 0.878. The number of hydrogen-bond donors (Lipinski definition) is 1. The number of sulfonamides is 1. The van der Waals surface area contributed by atoms with Crippen molar-refractivity contribution in [2.24, 2.45) is 11.8 Å². The van der Waals surface area contributed by atoms with E-state index >= 15 is 0 Å². The molecule has 0 spiro atoms. The maximum absolute atomic E-state index is 13.0. The fourth-order valence-electron chi connectivity index (χ4n) is 4.94. The van der Waals surface area contributed by atoms with Crippen LogP contribution in [0.5, 0.6) is 0 Å². The molecule has 26 heavy (non-hydrogen) atoms. The fraction of sp³-hybridized carbons (Fsp3) is 0.650. The number of amides is 1. The van der Waals surface area contributed by atoms with Crippen LogP contribution < -0.4 is 5.32 Å². The topological polar surface area (TPSA) is 66.5 Å². The second-order valence-corrected chi connectivity index (χ2v) is 10.1. The Labute approximate surface area is 156 Å². The third-order valence-electron chi connectivity index (χ3n) is 6.44. The second-order valence-electron chi connectivity index (χ2n) is 8.20. The van der Waals surface area contributed by atoms with Gasteiger partial charge in [0.05, 0.1) is 4.90 Å². The van der Waals surface area contributed by atoms with Gasteiger partial charge in [0, 0.05) is 24.7 Å². The summed E-state index contributed by atoms with van der Waals surface area (Å²) in [4.78, 5) is 13.0. The minimum atomic E-state index is -3.53. The number of aryl methyl sites for hydroxylation is 1. The zero-order valence-electron chi connectivity index (χ0n) is 15.4. The summed E-state index contributed by atoms with van der Waals surface area (Å²) < 4.78 is 27.6. The monoisotopic (exact) mass is 376 g/mol. The summed E-state index contributed by atoms with van der Waals surface area (Å²) >= 11 is 0. The molecule has 1 aromatic rings. The first-order valence-corrected chi connectivity index (χ1v) is 11.3. The molecule has 4 rings (SSSR count). The molecule has 1 N–H and O–H groups in total. The molecule has 6 heteroatoms. The number of nitrogens with one attached hydrogen (secondary N) is 1. The van der Waals surface area contributed by atoms with Gasteiger partial charge in [-0.3, -0.25) is 4.79 Å². The molecule has 3 atom stereocenters. The Hall–Kier alpha value is -1.40. The molecule has 2 bridgehead atoms. The van der Waals surface area contributed by atoms with Gasteiger partial charge in [0.25, 0.3) is 5.91 Å². The second kappa shape index (κ2) is 6.97. The Kier molecular flexibility index (Phi) is 4.82. The van der Waals surface area contributed by atoms with E-state index in [1.165, 1.54) is 19.3 Å². The summed E-state index contributed by atoms with van der Waals surface area (Å²) in [6, 6.07) is 5.33. The number of carbonyl (C=O) groups is 1. The third-order valence-corrected chi connectivity index (χ3v) is 8.48. The molecule has 3 unspecified atom stereocenters. The van der Waals surface area contributed by atoms with Crippen LogP contribution in [-0.4, -0.2) is 37.8 Å². The maximum atomic E-state index is 13.0. The van der Waals surface area contributed by atoms with E-state index in [9.17, 15) is 13.2 Å². The molecule has 1 heterocycles. The van der Waals surface area contributed by atoms with Crippen molar-refractivity contribution in [1.82, 2.24) is 9.62 Å². The lowest BCUT2D eigenvalue weighted by Crippen LogP contribution is -2.39. The molecular weight excluding hydrogens is 348 g/mol. The minimum Gasteiger partial charge on any atom is -0.349 e. The summed E-state index contributed by atoms with van der Waals surface area (Å²) in [5.74, 6) is 1.22. The highest BCUT2D eigenvalue weighted by molar-refractivity contribution is 7.89. The first-order valence-electron chi connectivity index (χ1n) is 9.87.